The third kappa shape index (κ3) is 1.79. The highest BCUT2D eigenvalue weighted by atomic mass is 19.1. The first-order chi connectivity index (χ1) is 7.72. The van der Waals surface area contributed by atoms with E-state index >= 15 is 0 Å². The van der Waals surface area contributed by atoms with Crippen LogP contribution in [0.5, 0.6) is 5.75 Å². The Morgan fingerprint density at radius 2 is 2.25 bits per heavy atom. The zero-order valence-corrected chi connectivity index (χ0v) is 9.20. The lowest BCUT2D eigenvalue weighted by Crippen LogP contribution is -2.47. The summed E-state index contributed by atoms with van der Waals surface area (Å²) in [4.78, 5) is 0. The second kappa shape index (κ2) is 4.39. The molecule has 2 rings (SSSR count). The highest BCUT2D eigenvalue weighted by molar-refractivity contribution is 5.41. The van der Waals surface area contributed by atoms with Crippen LogP contribution < -0.4 is 4.74 Å². The summed E-state index contributed by atoms with van der Waals surface area (Å²) in [7, 11) is 1.56. The fourth-order valence-electron chi connectivity index (χ4n) is 2.09. The number of aliphatic hydroxyl groups excluding tert-OH is 1. The number of benzene rings is 1. The maximum Gasteiger partial charge on any atom is 0.123 e. The van der Waals surface area contributed by atoms with Crippen molar-refractivity contribution in [2.24, 2.45) is 0 Å². The molecular weight excluding hydrogens is 211 g/mol. The van der Waals surface area contributed by atoms with Gasteiger partial charge in [0.25, 0.3) is 0 Å². The molecule has 1 heterocycles. The van der Waals surface area contributed by atoms with E-state index in [1.807, 2.05) is 0 Å². The number of ether oxygens (including phenoxy) is 2. The van der Waals surface area contributed by atoms with Crippen molar-refractivity contribution in [3.8, 4) is 5.75 Å². The van der Waals surface area contributed by atoms with Crippen LogP contribution in [0.2, 0.25) is 0 Å². The van der Waals surface area contributed by atoms with Crippen LogP contribution in [0.3, 0.4) is 0 Å². The zero-order chi connectivity index (χ0) is 11.6. The standard InChI is InChI=1S/C12H15FO3/c1-15-11-3-2-9(13)6-10(11)12(4-5-14)7-16-8-12/h2-3,6,14H,4-5,7-8H2,1H3. The largest absolute Gasteiger partial charge is 0.496 e. The fraction of sp³-hybridized carbons (Fsp3) is 0.500. The summed E-state index contributed by atoms with van der Waals surface area (Å²) in [5, 5.41) is 9.07. The molecule has 1 aliphatic rings. The number of hydrogen-bond acceptors (Lipinski definition) is 3. The Morgan fingerprint density at radius 1 is 1.50 bits per heavy atom. The van der Waals surface area contributed by atoms with Crippen molar-refractivity contribution in [1.82, 2.24) is 0 Å². The third-order valence-corrected chi connectivity index (χ3v) is 3.08. The average Bonchev–Trinajstić information content (AvgIpc) is 2.23. The monoisotopic (exact) mass is 226 g/mol. The van der Waals surface area contributed by atoms with E-state index in [-0.39, 0.29) is 17.8 Å². The van der Waals surface area contributed by atoms with E-state index < -0.39 is 0 Å². The van der Waals surface area contributed by atoms with Crippen LogP contribution >= 0.6 is 0 Å². The predicted molar refractivity (Wildman–Crippen MR) is 57.2 cm³/mol. The van der Waals surface area contributed by atoms with Gasteiger partial charge in [0.1, 0.15) is 11.6 Å². The SMILES string of the molecule is COc1ccc(F)cc1C1(CCO)COC1. The van der Waals surface area contributed by atoms with Crippen LogP contribution in [-0.2, 0) is 10.2 Å². The smallest absolute Gasteiger partial charge is 0.123 e. The van der Waals surface area contributed by atoms with E-state index in [0.29, 0.717) is 25.4 Å². The van der Waals surface area contributed by atoms with Gasteiger partial charge in [0.15, 0.2) is 0 Å². The van der Waals surface area contributed by atoms with Crippen molar-refractivity contribution >= 4 is 0 Å². The summed E-state index contributed by atoms with van der Waals surface area (Å²) in [6, 6.07) is 4.45. The summed E-state index contributed by atoms with van der Waals surface area (Å²) in [5.74, 6) is 0.359. The molecule has 16 heavy (non-hydrogen) atoms. The van der Waals surface area contributed by atoms with Crippen LogP contribution in [0.4, 0.5) is 4.39 Å². The number of aliphatic hydroxyl groups is 1. The Morgan fingerprint density at radius 3 is 2.75 bits per heavy atom. The highest BCUT2D eigenvalue weighted by Gasteiger charge is 2.42. The van der Waals surface area contributed by atoms with Crippen molar-refractivity contribution in [1.29, 1.82) is 0 Å². The Kier molecular flexibility index (Phi) is 3.12. The molecule has 88 valence electrons. The van der Waals surface area contributed by atoms with Crippen LogP contribution in [0.15, 0.2) is 18.2 Å². The molecule has 0 spiro atoms. The van der Waals surface area contributed by atoms with Crippen LogP contribution in [0, 0.1) is 5.82 Å². The number of methoxy groups -OCH3 is 1. The van der Waals surface area contributed by atoms with Crippen LogP contribution in [0.1, 0.15) is 12.0 Å². The lowest BCUT2D eigenvalue weighted by atomic mass is 9.75. The van der Waals surface area contributed by atoms with Gasteiger partial charge in [-0.1, -0.05) is 0 Å². The maximum absolute atomic E-state index is 13.3. The van der Waals surface area contributed by atoms with E-state index in [2.05, 4.69) is 0 Å². The molecule has 4 heteroatoms. The first-order valence-corrected chi connectivity index (χ1v) is 5.24. The van der Waals surface area contributed by atoms with Gasteiger partial charge in [-0.05, 0) is 24.6 Å². The van der Waals surface area contributed by atoms with Crippen LogP contribution in [0.25, 0.3) is 0 Å². The van der Waals surface area contributed by atoms with Crippen LogP contribution in [-0.4, -0.2) is 32.0 Å². The van der Waals surface area contributed by atoms with Crippen molar-refractivity contribution < 1.29 is 19.0 Å². The minimum Gasteiger partial charge on any atom is -0.496 e. The molecule has 1 fully saturated rings. The second-order valence-corrected chi connectivity index (χ2v) is 4.09. The van der Waals surface area contributed by atoms with Crippen molar-refractivity contribution in [2.75, 3.05) is 26.9 Å². The molecule has 1 saturated heterocycles. The van der Waals surface area contributed by atoms with Gasteiger partial charge < -0.3 is 14.6 Å². The van der Waals surface area contributed by atoms with Gasteiger partial charge >= 0.3 is 0 Å². The molecule has 0 unspecified atom stereocenters. The molecular formula is C12H15FO3. The normalized spacial score (nSPS) is 17.9. The van der Waals surface area contributed by atoms with Crippen molar-refractivity contribution in [3.63, 3.8) is 0 Å². The molecule has 0 amide bonds. The van der Waals surface area contributed by atoms with E-state index in [4.69, 9.17) is 14.6 Å². The Balaban J connectivity index is 2.40. The number of halogens is 1. The number of rotatable bonds is 4. The Bertz CT molecular complexity index is 375. The lowest BCUT2D eigenvalue weighted by molar-refractivity contribution is -0.0710. The molecule has 0 saturated carbocycles. The number of hydrogen-bond donors (Lipinski definition) is 1. The van der Waals surface area contributed by atoms with Crippen molar-refractivity contribution in [3.05, 3.63) is 29.6 Å². The summed E-state index contributed by atoms with van der Waals surface area (Å²) in [6.07, 6.45) is 0.562. The molecule has 1 aromatic carbocycles. The summed E-state index contributed by atoms with van der Waals surface area (Å²) in [5.41, 5.74) is 0.498. The third-order valence-electron chi connectivity index (χ3n) is 3.08. The molecule has 1 aromatic rings. The topological polar surface area (TPSA) is 38.7 Å². The van der Waals surface area contributed by atoms with E-state index in [9.17, 15) is 4.39 Å². The van der Waals surface area contributed by atoms with Gasteiger partial charge in [0.05, 0.1) is 20.3 Å². The predicted octanol–water partition coefficient (Wildman–Crippen LogP) is 1.48. The minimum atomic E-state index is -0.292. The summed E-state index contributed by atoms with van der Waals surface area (Å²) in [6.45, 7) is 1.07. The van der Waals surface area contributed by atoms with Crippen molar-refractivity contribution in [2.45, 2.75) is 11.8 Å². The molecule has 1 aliphatic heterocycles. The molecule has 0 radical (unpaired) electrons. The van der Waals surface area contributed by atoms with E-state index in [0.717, 1.165) is 5.56 Å². The molecule has 0 bridgehead atoms. The molecule has 3 nitrogen and oxygen atoms in total. The lowest BCUT2D eigenvalue weighted by Gasteiger charge is -2.42. The fourth-order valence-corrected chi connectivity index (χ4v) is 2.09. The minimum absolute atomic E-state index is 0.0586. The molecule has 0 aromatic heterocycles. The van der Waals surface area contributed by atoms with Gasteiger partial charge in [-0.2, -0.15) is 0 Å². The zero-order valence-electron chi connectivity index (χ0n) is 9.20. The second-order valence-electron chi connectivity index (χ2n) is 4.09. The Labute approximate surface area is 93.8 Å². The quantitative estimate of drug-likeness (QED) is 0.845. The van der Waals surface area contributed by atoms with E-state index in [1.54, 1.807) is 13.2 Å². The Hall–Kier alpha value is -1.13. The molecule has 0 aliphatic carbocycles. The highest BCUT2D eigenvalue weighted by Crippen LogP contribution is 2.40. The van der Waals surface area contributed by atoms with Gasteiger partial charge in [-0.25, -0.2) is 4.39 Å². The first kappa shape index (κ1) is 11.4. The first-order valence-electron chi connectivity index (χ1n) is 5.24. The van der Waals surface area contributed by atoms with Gasteiger partial charge in [-0.3, -0.25) is 0 Å². The molecule has 1 N–H and O–H groups in total. The van der Waals surface area contributed by atoms with Gasteiger partial charge in [0.2, 0.25) is 0 Å². The summed E-state index contributed by atoms with van der Waals surface area (Å²) < 4.78 is 23.7. The average molecular weight is 226 g/mol. The maximum atomic E-state index is 13.3. The van der Waals surface area contributed by atoms with Gasteiger partial charge in [-0.15, -0.1) is 0 Å². The summed E-state index contributed by atoms with van der Waals surface area (Å²) >= 11 is 0. The van der Waals surface area contributed by atoms with E-state index in [1.165, 1.54) is 12.1 Å². The molecule has 0 atom stereocenters. The van der Waals surface area contributed by atoms with Gasteiger partial charge in [0, 0.05) is 17.6 Å².